The zero-order chi connectivity index (χ0) is 15.9. The molecule has 2 aromatic heterocycles. The van der Waals surface area contributed by atoms with E-state index in [-0.39, 0.29) is 30.7 Å². The van der Waals surface area contributed by atoms with Gasteiger partial charge in [-0.05, 0) is 30.5 Å². The molecule has 0 bridgehead atoms. The fourth-order valence-electron chi connectivity index (χ4n) is 2.24. The molecule has 1 amide bonds. The van der Waals surface area contributed by atoms with E-state index in [1.165, 1.54) is 11.3 Å². The molecule has 2 aromatic rings. The van der Waals surface area contributed by atoms with Gasteiger partial charge in [0.1, 0.15) is 0 Å². The fraction of sp³-hybridized carbons (Fsp3) is 0.312. The lowest BCUT2D eigenvalue weighted by atomic mass is 9.99. The molecule has 0 radical (unpaired) electrons. The Morgan fingerprint density at radius 2 is 2.09 bits per heavy atom. The van der Waals surface area contributed by atoms with E-state index in [1.54, 1.807) is 6.20 Å². The molecular weight excluding hydrogens is 300 g/mol. The van der Waals surface area contributed by atoms with Gasteiger partial charge < -0.3 is 10.4 Å². The van der Waals surface area contributed by atoms with Crippen LogP contribution in [-0.2, 0) is 9.59 Å². The number of aromatic nitrogens is 1. The standard InChI is InChI=1S/C16H18N2O3S/c1-11(13-5-2-3-7-17-13)18-15(19)9-12(10-16(20)21)14-6-4-8-22-14/h2-8,11-12H,9-10H2,1H3,(H,18,19)(H,20,21). The molecule has 0 spiro atoms. The van der Waals surface area contributed by atoms with Gasteiger partial charge in [0.2, 0.25) is 5.91 Å². The van der Waals surface area contributed by atoms with Crippen LogP contribution in [0, 0.1) is 0 Å². The number of nitrogens with one attached hydrogen (secondary N) is 1. The van der Waals surface area contributed by atoms with E-state index in [9.17, 15) is 9.59 Å². The number of thiophene rings is 1. The summed E-state index contributed by atoms with van der Waals surface area (Å²) < 4.78 is 0. The molecule has 2 heterocycles. The Morgan fingerprint density at radius 3 is 2.68 bits per heavy atom. The van der Waals surface area contributed by atoms with Crippen LogP contribution in [0.2, 0.25) is 0 Å². The van der Waals surface area contributed by atoms with Crippen LogP contribution in [0.25, 0.3) is 0 Å². The monoisotopic (exact) mass is 318 g/mol. The van der Waals surface area contributed by atoms with Gasteiger partial charge in [0, 0.05) is 23.4 Å². The second kappa shape index (κ2) is 7.70. The largest absolute Gasteiger partial charge is 0.481 e. The van der Waals surface area contributed by atoms with Crippen molar-refractivity contribution in [2.75, 3.05) is 0 Å². The van der Waals surface area contributed by atoms with Crippen LogP contribution in [0.4, 0.5) is 0 Å². The van der Waals surface area contributed by atoms with Crippen LogP contribution in [0.5, 0.6) is 0 Å². The average Bonchev–Trinajstić information content (AvgIpc) is 3.01. The highest BCUT2D eigenvalue weighted by Gasteiger charge is 2.21. The van der Waals surface area contributed by atoms with E-state index >= 15 is 0 Å². The first-order chi connectivity index (χ1) is 10.6. The van der Waals surface area contributed by atoms with E-state index in [4.69, 9.17) is 5.11 Å². The number of rotatable bonds is 7. The maximum atomic E-state index is 12.2. The van der Waals surface area contributed by atoms with Crippen molar-refractivity contribution >= 4 is 23.2 Å². The first-order valence-electron chi connectivity index (χ1n) is 7.01. The SMILES string of the molecule is CC(NC(=O)CC(CC(=O)O)c1cccs1)c1ccccn1. The van der Waals surface area contributed by atoms with E-state index < -0.39 is 5.97 Å². The van der Waals surface area contributed by atoms with Crippen LogP contribution < -0.4 is 5.32 Å². The molecule has 5 nitrogen and oxygen atoms in total. The highest BCUT2D eigenvalue weighted by Crippen LogP contribution is 2.27. The van der Waals surface area contributed by atoms with Gasteiger partial charge >= 0.3 is 5.97 Å². The number of carbonyl (C=O) groups is 2. The fourth-order valence-corrected chi connectivity index (χ4v) is 3.07. The maximum absolute atomic E-state index is 12.2. The van der Waals surface area contributed by atoms with Gasteiger partial charge in [0.05, 0.1) is 18.2 Å². The first-order valence-corrected chi connectivity index (χ1v) is 7.89. The number of aliphatic carboxylic acids is 1. The number of hydrogen-bond acceptors (Lipinski definition) is 4. The lowest BCUT2D eigenvalue weighted by Crippen LogP contribution is -2.28. The summed E-state index contributed by atoms with van der Waals surface area (Å²) in [5, 5.41) is 13.8. The normalized spacial score (nSPS) is 13.3. The maximum Gasteiger partial charge on any atom is 0.304 e. The van der Waals surface area contributed by atoms with E-state index in [2.05, 4.69) is 10.3 Å². The number of carbonyl (C=O) groups excluding carboxylic acids is 1. The van der Waals surface area contributed by atoms with Crippen molar-refractivity contribution in [3.05, 3.63) is 52.5 Å². The molecule has 6 heteroatoms. The smallest absolute Gasteiger partial charge is 0.304 e. The predicted molar refractivity (Wildman–Crippen MR) is 84.7 cm³/mol. The molecule has 116 valence electrons. The Hall–Kier alpha value is -2.21. The number of hydrogen-bond donors (Lipinski definition) is 2. The van der Waals surface area contributed by atoms with E-state index in [1.807, 2.05) is 42.6 Å². The van der Waals surface area contributed by atoms with Crippen LogP contribution in [-0.4, -0.2) is 22.0 Å². The quantitative estimate of drug-likeness (QED) is 0.822. The molecule has 0 fully saturated rings. The minimum absolute atomic E-state index is 0.0497. The van der Waals surface area contributed by atoms with Crippen molar-refractivity contribution in [1.82, 2.24) is 10.3 Å². The Labute approximate surface area is 133 Å². The summed E-state index contributed by atoms with van der Waals surface area (Å²) in [4.78, 5) is 28.3. The molecular formula is C16H18N2O3S. The zero-order valence-corrected chi connectivity index (χ0v) is 13.0. The summed E-state index contributed by atoms with van der Waals surface area (Å²) in [5.74, 6) is -1.37. The van der Waals surface area contributed by atoms with Crippen molar-refractivity contribution in [3.63, 3.8) is 0 Å². The topological polar surface area (TPSA) is 79.3 Å². The molecule has 0 aliphatic carbocycles. The van der Waals surface area contributed by atoms with Gasteiger partial charge in [-0.1, -0.05) is 12.1 Å². The number of carboxylic acids is 1. The third kappa shape index (κ3) is 4.66. The van der Waals surface area contributed by atoms with Crippen molar-refractivity contribution < 1.29 is 14.7 Å². The molecule has 2 atom stereocenters. The van der Waals surface area contributed by atoms with Gasteiger partial charge in [0.25, 0.3) is 0 Å². The van der Waals surface area contributed by atoms with Crippen LogP contribution >= 0.6 is 11.3 Å². The van der Waals surface area contributed by atoms with Crippen molar-refractivity contribution in [2.45, 2.75) is 31.7 Å². The van der Waals surface area contributed by atoms with Gasteiger partial charge in [0.15, 0.2) is 0 Å². The average molecular weight is 318 g/mol. The molecule has 2 unspecified atom stereocenters. The molecule has 0 aromatic carbocycles. The second-order valence-corrected chi connectivity index (χ2v) is 6.04. The molecule has 2 rings (SSSR count). The Bertz CT molecular complexity index is 614. The van der Waals surface area contributed by atoms with E-state index in [0.717, 1.165) is 10.6 Å². The summed E-state index contributed by atoms with van der Waals surface area (Å²) in [6.07, 6.45) is 1.78. The van der Waals surface area contributed by atoms with Crippen molar-refractivity contribution in [2.24, 2.45) is 0 Å². The summed E-state index contributed by atoms with van der Waals surface area (Å²) in [5.41, 5.74) is 0.779. The number of pyridine rings is 1. The zero-order valence-electron chi connectivity index (χ0n) is 12.2. The van der Waals surface area contributed by atoms with Crippen LogP contribution in [0.3, 0.4) is 0 Å². The summed E-state index contributed by atoms with van der Waals surface area (Å²) in [6, 6.07) is 9.06. The predicted octanol–water partition coefficient (Wildman–Crippen LogP) is 2.97. The molecule has 0 saturated carbocycles. The van der Waals surface area contributed by atoms with Gasteiger partial charge in [-0.3, -0.25) is 14.6 Å². The van der Waals surface area contributed by atoms with Crippen LogP contribution in [0.1, 0.15) is 42.3 Å². The Balaban J connectivity index is 1.98. The lowest BCUT2D eigenvalue weighted by molar-refractivity contribution is -0.137. The van der Waals surface area contributed by atoms with Gasteiger partial charge in [-0.15, -0.1) is 11.3 Å². The van der Waals surface area contributed by atoms with Crippen molar-refractivity contribution in [3.8, 4) is 0 Å². The molecule has 2 N–H and O–H groups in total. The highest BCUT2D eigenvalue weighted by atomic mass is 32.1. The van der Waals surface area contributed by atoms with Crippen LogP contribution in [0.15, 0.2) is 41.9 Å². The van der Waals surface area contributed by atoms with Gasteiger partial charge in [-0.25, -0.2) is 0 Å². The number of carboxylic acid groups (broad SMARTS) is 1. The first kappa shape index (κ1) is 16.2. The number of nitrogens with zero attached hydrogens (tertiary/aromatic N) is 1. The van der Waals surface area contributed by atoms with Crippen molar-refractivity contribution in [1.29, 1.82) is 0 Å². The molecule has 0 aliphatic rings. The Morgan fingerprint density at radius 1 is 1.27 bits per heavy atom. The highest BCUT2D eigenvalue weighted by molar-refractivity contribution is 7.10. The summed E-state index contributed by atoms with van der Waals surface area (Å²) in [7, 11) is 0. The minimum Gasteiger partial charge on any atom is -0.481 e. The molecule has 0 saturated heterocycles. The molecule has 22 heavy (non-hydrogen) atoms. The third-order valence-corrected chi connectivity index (χ3v) is 4.34. The summed E-state index contributed by atoms with van der Waals surface area (Å²) in [6.45, 7) is 1.86. The van der Waals surface area contributed by atoms with Gasteiger partial charge in [-0.2, -0.15) is 0 Å². The third-order valence-electron chi connectivity index (χ3n) is 3.31. The minimum atomic E-state index is -0.899. The molecule has 0 aliphatic heterocycles. The lowest BCUT2D eigenvalue weighted by Gasteiger charge is -2.17. The summed E-state index contributed by atoms with van der Waals surface area (Å²) >= 11 is 1.47. The number of amides is 1. The second-order valence-electron chi connectivity index (χ2n) is 5.06. The Kier molecular flexibility index (Phi) is 5.66. The van der Waals surface area contributed by atoms with E-state index in [0.29, 0.717) is 0 Å².